The van der Waals surface area contributed by atoms with Gasteiger partial charge in [-0.25, -0.2) is 0 Å². The van der Waals surface area contributed by atoms with Gasteiger partial charge in [0.2, 0.25) is 0 Å². The van der Waals surface area contributed by atoms with Gasteiger partial charge >= 0.3 is 0 Å². The maximum absolute atomic E-state index is 9.39. The van der Waals surface area contributed by atoms with Crippen LogP contribution in [0.5, 0.6) is 11.5 Å². The highest BCUT2D eigenvalue weighted by Crippen LogP contribution is 2.30. The lowest BCUT2D eigenvalue weighted by Crippen LogP contribution is -2.11. The summed E-state index contributed by atoms with van der Waals surface area (Å²) in [7, 11) is 0. The third-order valence-corrected chi connectivity index (χ3v) is 1.93. The van der Waals surface area contributed by atoms with Crippen LogP contribution in [0.4, 0.5) is 0 Å². The molecular weight excluding hydrogens is 170 g/mol. The topological polar surface area (TPSA) is 86.7 Å². The maximum Gasteiger partial charge on any atom is 0.121 e. The monoisotopic (exact) mass is 183 g/mol. The van der Waals surface area contributed by atoms with Gasteiger partial charge in [0.15, 0.2) is 0 Å². The van der Waals surface area contributed by atoms with Crippen molar-refractivity contribution < 1.29 is 15.3 Å². The first-order chi connectivity index (χ1) is 6.06. The van der Waals surface area contributed by atoms with E-state index in [4.69, 9.17) is 5.73 Å². The van der Waals surface area contributed by atoms with Crippen molar-refractivity contribution in [3.63, 3.8) is 0 Å². The van der Waals surface area contributed by atoms with Crippen molar-refractivity contribution >= 4 is 0 Å². The Balaban J connectivity index is 3.15. The molecule has 1 rings (SSSR count). The number of aliphatic hydroxyl groups is 1. The van der Waals surface area contributed by atoms with Crippen molar-refractivity contribution in [3.8, 4) is 11.5 Å². The Bertz CT molecular complexity index is 312. The molecule has 4 nitrogen and oxygen atoms in total. The summed E-state index contributed by atoms with van der Waals surface area (Å²) in [4.78, 5) is 0. The molecule has 0 radical (unpaired) electrons. The van der Waals surface area contributed by atoms with E-state index in [1.807, 2.05) is 0 Å². The van der Waals surface area contributed by atoms with Gasteiger partial charge < -0.3 is 21.1 Å². The van der Waals surface area contributed by atoms with Crippen LogP contribution in [0.25, 0.3) is 0 Å². The molecule has 13 heavy (non-hydrogen) atoms. The van der Waals surface area contributed by atoms with E-state index in [0.29, 0.717) is 5.56 Å². The van der Waals surface area contributed by atoms with Gasteiger partial charge in [-0.15, -0.1) is 0 Å². The second-order valence-electron chi connectivity index (χ2n) is 2.95. The second-order valence-corrected chi connectivity index (χ2v) is 2.95. The molecule has 0 fully saturated rings. The molecule has 72 valence electrons. The van der Waals surface area contributed by atoms with Gasteiger partial charge in [-0.2, -0.15) is 0 Å². The van der Waals surface area contributed by atoms with Crippen LogP contribution < -0.4 is 5.73 Å². The molecule has 0 aliphatic carbocycles. The second kappa shape index (κ2) is 3.64. The summed E-state index contributed by atoms with van der Waals surface area (Å²) < 4.78 is 0. The quantitative estimate of drug-likeness (QED) is 0.500. The molecule has 0 aliphatic heterocycles. The van der Waals surface area contributed by atoms with E-state index in [1.54, 1.807) is 6.92 Å². The zero-order valence-corrected chi connectivity index (χ0v) is 7.36. The first-order valence-electron chi connectivity index (χ1n) is 3.97. The lowest BCUT2D eigenvalue weighted by Gasteiger charge is -2.11. The van der Waals surface area contributed by atoms with Gasteiger partial charge in [-0.1, -0.05) is 0 Å². The van der Waals surface area contributed by atoms with E-state index < -0.39 is 6.10 Å². The van der Waals surface area contributed by atoms with Crippen molar-refractivity contribution in [3.05, 3.63) is 23.3 Å². The van der Waals surface area contributed by atoms with Crippen molar-refractivity contribution in [2.75, 3.05) is 6.54 Å². The lowest BCUT2D eigenvalue weighted by atomic mass is 10.1. The molecule has 4 heteroatoms. The predicted molar refractivity (Wildman–Crippen MR) is 48.5 cm³/mol. The van der Waals surface area contributed by atoms with Crippen molar-refractivity contribution in [2.45, 2.75) is 13.0 Å². The van der Waals surface area contributed by atoms with Crippen molar-refractivity contribution in [1.29, 1.82) is 0 Å². The summed E-state index contributed by atoms with van der Waals surface area (Å²) in [5.41, 5.74) is 6.03. The molecule has 0 spiro atoms. The van der Waals surface area contributed by atoms with Gasteiger partial charge in [0.05, 0.1) is 6.10 Å². The average Bonchev–Trinajstić information content (AvgIpc) is 2.10. The highest BCUT2D eigenvalue weighted by molar-refractivity contribution is 5.45. The molecule has 1 aromatic carbocycles. The standard InChI is InChI=1S/C9H13NO3/c1-5-2-8(12)6(3-7(5)11)9(13)4-10/h2-3,9,11-13H,4,10H2,1H3. The fourth-order valence-corrected chi connectivity index (χ4v) is 1.09. The molecule has 0 aliphatic rings. The van der Waals surface area contributed by atoms with Crippen molar-refractivity contribution in [2.24, 2.45) is 5.73 Å². The minimum Gasteiger partial charge on any atom is -0.508 e. The zero-order valence-electron chi connectivity index (χ0n) is 7.36. The summed E-state index contributed by atoms with van der Waals surface area (Å²) in [5.74, 6) is -0.00597. The van der Waals surface area contributed by atoms with Crippen LogP contribution in [0.15, 0.2) is 12.1 Å². The normalized spacial score (nSPS) is 12.8. The third kappa shape index (κ3) is 1.91. The third-order valence-electron chi connectivity index (χ3n) is 1.93. The number of hydrogen-bond donors (Lipinski definition) is 4. The first-order valence-corrected chi connectivity index (χ1v) is 3.97. The summed E-state index contributed by atoms with van der Waals surface area (Å²) in [6.07, 6.45) is -0.938. The Hall–Kier alpha value is -1.26. The highest BCUT2D eigenvalue weighted by atomic mass is 16.3. The number of rotatable bonds is 2. The van der Waals surface area contributed by atoms with E-state index >= 15 is 0 Å². The number of aryl methyl sites for hydroxylation is 1. The first kappa shape index (κ1) is 9.83. The molecule has 0 aromatic heterocycles. The molecule has 0 amide bonds. The Morgan fingerprint density at radius 3 is 2.46 bits per heavy atom. The number of hydrogen-bond acceptors (Lipinski definition) is 4. The Labute approximate surface area is 76.2 Å². The molecule has 1 atom stereocenters. The minimum absolute atomic E-state index is 0.00998. The molecular formula is C9H13NO3. The van der Waals surface area contributed by atoms with Crippen LogP contribution in [0.2, 0.25) is 0 Å². The van der Waals surface area contributed by atoms with E-state index in [1.165, 1.54) is 12.1 Å². The largest absolute Gasteiger partial charge is 0.508 e. The fourth-order valence-electron chi connectivity index (χ4n) is 1.09. The number of aliphatic hydroxyl groups excluding tert-OH is 1. The number of nitrogens with two attached hydrogens (primary N) is 1. The fraction of sp³-hybridized carbons (Fsp3) is 0.333. The number of aromatic hydroxyl groups is 2. The van der Waals surface area contributed by atoms with Crippen LogP contribution in [-0.2, 0) is 0 Å². The van der Waals surface area contributed by atoms with Gasteiger partial charge in [-0.05, 0) is 24.6 Å². The average molecular weight is 183 g/mol. The van der Waals surface area contributed by atoms with Crippen molar-refractivity contribution in [1.82, 2.24) is 0 Å². The SMILES string of the molecule is Cc1cc(O)c(C(O)CN)cc1O. The van der Waals surface area contributed by atoms with Crippen LogP contribution in [0.1, 0.15) is 17.2 Å². The maximum atomic E-state index is 9.39. The summed E-state index contributed by atoms with van der Waals surface area (Å²) in [5, 5.41) is 28.0. The van der Waals surface area contributed by atoms with Gasteiger partial charge in [0.1, 0.15) is 11.5 Å². The van der Waals surface area contributed by atoms with E-state index in [9.17, 15) is 15.3 Å². The van der Waals surface area contributed by atoms with Crippen LogP contribution in [0, 0.1) is 6.92 Å². The summed E-state index contributed by atoms with van der Waals surface area (Å²) >= 11 is 0. The Morgan fingerprint density at radius 2 is 1.92 bits per heavy atom. The van der Waals surface area contributed by atoms with Crippen LogP contribution >= 0.6 is 0 Å². The van der Waals surface area contributed by atoms with Gasteiger partial charge in [-0.3, -0.25) is 0 Å². The van der Waals surface area contributed by atoms with Crippen LogP contribution in [0.3, 0.4) is 0 Å². The lowest BCUT2D eigenvalue weighted by molar-refractivity contribution is 0.182. The smallest absolute Gasteiger partial charge is 0.121 e. The van der Waals surface area contributed by atoms with E-state index in [0.717, 1.165) is 0 Å². The number of benzene rings is 1. The summed E-state index contributed by atoms with van der Waals surface area (Å²) in [6, 6.07) is 2.71. The highest BCUT2D eigenvalue weighted by Gasteiger charge is 2.12. The molecule has 5 N–H and O–H groups in total. The van der Waals surface area contributed by atoms with Crippen LogP contribution in [-0.4, -0.2) is 21.9 Å². The Morgan fingerprint density at radius 1 is 1.31 bits per heavy atom. The number of phenolic OH excluding ortho intramolecular Hbond substituents is 2. The zero-order chi connectivity index (χ0) is 10.0. The van der Waals surface area contributed by atoms with E-state index in [2.05, 4.69) is 0 Å². The van der Waals surface area contributed by atoms with Gasteiger partial charge in [0.25, 0.3) is 0 Å². The molecule has 0 saturated carbocycles. The minimum atomic E-state index is -0.938. The summed E-state index contributed by atoms with van der Waals surface area (Å²) in [6.45, 7) is 1.67. The molecule has 1 aromatic rings. The molecule has 0 saturated heterocycles. The van der Waals surface area contributed by atoms with E-state index in [-0.39, 0.29) is 23.6 Å². The predicted octanol–water partition coefficient (Wildman–Crippen LogP) is 0.398. The molecule has 0 heterocycles. The van der Waals surface area contributed by atoms with Gasteiger partial charge in [0, 0.05) is 12.1 Å². The molecule has 0 bridgehead atoms. The number of phenols is 2. The Kier molecular flexibility index (Phi) is 2.75. The molecule has 1 unspecified atom stereocenters.